The Hall–Kier alpha value is -0.920. The molecule has 1 aliphatic rings. The van der Waals surface area contributed by atoms with E-state index in [2.05, 4.69) is 10.3 Å². The number of hydrogen-bond acceptors (Lipinski definition) is 4. The van der Waals surface area contributed by atoms with Crippen molar-refractivity contribution in [2.45, 2.75) is 24.4 Å². The molecular weight excluding hydrogens is 240 g/mol. The Kier molecular flexibility index (Phi) is 3.50. The van der Waals surface area contributed by atoms with Crippen LogP contribution in [0.25, 0.3) is 0 Å². The van der Waals surface area contributed by atoms with Gasteiger partial charge in [0.05, 0.1) is 6.20 Å². The van der Waals surface area contributed by atoms with Crippen molar-refractivity contribution in [3.8, 4) is 0 Å². The van der Waals surface area contributed by atoms with Gasteiger partial charge in [-0.15, -0.1) is 0 Å². The zero-order chi connectivity index (χ0) is 12.5. The largest absolute Gasteiger partial charge is 0.318 e. The minimum Gasteiger partial charge on any atom is -0.318 e. The average Bonchev–Trinajstić information content (AvgIpc) is 2.86. The quantitative estimate of drug-likeness (QED) is 0.785. The van der Waals surface area contributed by atoms with E-state index in [1.165, 1.54) is 10.5 Å². The highest BCUT2D eigenvalue weighted by Gasteiger charge is 2.28. The van der Waals surface area contributed by atoms with Crippen molar-refractivity contribution >= 4 is 10.0 Å². The van der Waals surface area contributed by atoms with Crippen molar-refractivity contribution in [1.29, 1.82) is 0 Å². The summed E-state index contributed by atoms with van der Waals surface area (Å²) in [4.78, 5) is 4.17. The molecule has 0 radical (unpaired) electrons. The van der Waals surface area contributed by atoms with E-state index in [-0.39, 0.29) is 0 Å². The highest BCUT2D eigenvalue weighted by molar-refractivity contribution is 7.89. The van der Waals surface area contributed by atoms with E-state index in [0.29, 0.717) is 18.1 Å². The molecule has 7 heteroatoms. The fourth-order valence-corrected chi connectivity index (χ4v) is 3.30. The van der Waals surface area contributed by atoms with Crippen molar-refractivity contribution in [2.24, 2.45) is 0 Å². The summed E-state index contributed by atoms with van der Waals surface area (Å²) < 4.78 is 27.8. The maximum Gasteiger partial charge on any atom is 0.260 e. The Balaban J connectivity index is 2.25. The number of nitrogens with one attached hydrogen (secondary N) is 1. The van der Waals surface area contributed by atoms with Crippen molar-refractivity contribution in [2.75, 3.05) is 27.2 Å². The number of rotatable bonds is 5. The maximum absolute atomic E-state index is 12.3. The molecule has 17 heavy (non-hydrogen) atoms. The summed E-state index contributed by atoms with van der Waals surface area (Å²) in [6.45, 7) is 1.85. The molecule has 1 N–H and O–H groups in total. The van der Waals surface area contributed by atoms with Gasteiger partial charge < -0.3 is 9.88 Å². The second kappa shape index (κ2) is 4.75. The highest BCUT2D eigenvalue weighted by Crippen LogP contribution is 2.21. The van der Waals surface area contributed by atoms with E-state index in [1.807, 2.05) is 4.57 Å². The molecule has 6 nitrogen and oxygen atoms in total. The topological polar surface area (TPSA) is 67.2 Å². The normalized spacial score (nSPS) is 15.5. The first-order chi connectivity index (χ1) is 8.07. The first kappa shape index (κ1) is 12.5. The van der Waals surface area contributed by atoms with Crippen molar-refractivity contribution < 1.29 is 8.42 Å². The standard InChI is InChI=1S/C10H18N4O2S/c1-11-5-7-13(2)17(15,16)10-8-12-9-4-3-6-14(9)10/h8,11H,3-7H2,1-2H3. The number of hydrogen-bond donors (Lipinski definition) is 1. The molecule has 1 aromatic rings. The van der Waals surface area contributed by atoms with E-state index < -0.39 is 10.0 Å². The molecule has 1 aromatic heterocycles. The van der Waals surface area contributed by atoms with Crippen LogP contribution in [0.2, 0.25) is 0 Å². The third kappa shape index (κ3) is 2.22. The molecule has 0 fully saturated rings. The van der Waals surface area contributed by atoms with Crippen LogP contribution in [0.4, 0.5) is 0 Å². The van der Waals surface area contributed by atoms with Crippen molar-refractivity contribution in [3.63, 3.8) is 0 Å². The van der Waals surface area contributed by atoms with Gasteiger partial charge >= 0.3 is 0 Å². The molecule has 2 rings (SSSR count). The fraction of sp³-hybridized carbons (Fsp3) is 0.700. The van der Waals surface area contributed by atoms with E-state index >= 15 is 0 Å². The third-order valence-electron chi connectivity index (χ3n) is 3.04. The summed E-state index contributed by atoms with van der Waals surface area (Å²) in [5, 5.41) is 3.26. The van der Waals surface area contributed by atoms with Gasteiger partial charge in [-0.3, -0.25) is 0 Å². The third-order valence-corrected chi connectivity index (χ3v) is 4.89. The highest BCUT2D eigenvalue weighted by atomic mass is 32.2. The van der Waals surface area contributed by atoms with E-state index in [0.717, 1.165) is 25.2 Å². The average molecular weight is 258 g/mol. The first-order valence-electron chi connectivity index (χ1n) is 5.72. The second-order valence-corrected chi connectivity index (χ2v) is 6.19. The van der Waals surface area contributed by atoms with Crippen LogP contribution in [-0.2, 0) is 23.0 Å². The summed E-state index contributed by atoms with van der Waals surface area (Å²) in [5.74, 6) is 0.880. The lowest BCUT2D eigenvalue weighted by Crippen LogP contribution is -2.33. The monoisotopic (exact) mass is 258 g/mol. The zero-order valence-electron chi connectivity index (χ0n) is 10.2. The number of imidazole rings is 1. The van der Waals surface area contributed by atoms with E-state index in [4.69, 9.17) is 0 Å². The number of aryl methyl sites for hydroxylation is 1. The summed E-state index contributed by atoms with van der Waals surface area (Å²) in [6.07, 6.45) is 3.32. The Morgan fingerprint density at radius 3 is 3.06 bits per heavy atom. The summed E-state index contributed by atoms with van der Waals surface area (Å²) >= 11 is 0. The van der Waals surface area contributed by atoms with Gasteiger partial charge in [-0.1, -0.05) is 0 Å². The predicted molar refractivity (Wildman–Crippen MR) is 64.3 cm³/mol. The number of sulfonamides is 1. The predicted octanol–water partition coefficient (Wildman–Crippen LogP) is -0.331. The molecule has 0 unspecified atom stereocenters. The van der Waals surface area contributed by atoms with Gasteiger partial charge in [0.1, 0.15) is 5.82 Å². The molecule has 0 aromatic carbocycles. The Labute approximate surface area is 102 Å². The van der Waals surface area contributed by atoms with E-state index in [9.17, 15) is 8.42 Å². The molecule has 0 saturated heterocycles. The van der Waals surface area contributed by atoms with E-state index in [1.54, 1.807) is 14.1 Å². The van der Waals surface area contributed by atoms with Crippen LogP contribution in [0, 0.1) is 0 Å². The molecule has 2 heterocycles. The van der Waals surface area contributed by atoms with Crippen molar-refractivity contribution in [3.05, 3.63) is 12.0 Å². The molecule has 0 aliphatic carbocycles. The van der Waals surface area contributed by atoms with Gasteiger partial charge in [0.2, 0.25) is 0 Å². The molecule has 96 valence electrons. The van der Waals surface area contributed by atoms with Crippen molar-refractivity contribution in [1.82, 2.24) is 19.2 Å². The molecule has 0 saturated carbocycles. The van der Waals surface area contributed by atoms with Gasteiger partial charge in [-0.05, 0) is 13.5 Å². The van der Waals surface area contributed by atoms with Gasteiger partial charge in [-0.25, -0.2) is 13.4 Å². The molecule has 1 aliphatic heterocycles. The number of likely N-dealkylation sites (N-methyl/N-ethyl adjacent to an activating group) is 2. The second-order valence-electron chi connectivity index (χ2n) is 4.20. The van der Waals surface area contributed by atoms with Gasteiger partial charge in [0.15, 0.2) is 5.03 Å². The van der Waals surface area contributed by atoms with Crippen LogP contribution in [-0.4, -0.2) is 49.5 Å². The Bertz CT molecular complexity index is 494. The smallest absolute Gasteiger partial charge is 0.260 e. The molecule has 0 bridgehead atoms. The van der Waals surface area contributed by atoms with Gasteiger partial charge in [0, 0.05) is 33.1 Å². The maximum atomic E-state index is 12.3. The fourth-order valence-electron chi connectivity index (χ4n) is 1.99. The number of aromatic nitrogens is 2. The molecule has 0 spiro atoms. The first-order valence-corrected chi connectivity index (χ1v) is 7.16. The van der Waals surface area contributed by atoms with Crippen LogP contribution >= 0.6 is 0 Å². The summed E-state index contributed by atoms with van der Waals surface area (Å²) in [6, 6.07) is 0. The zero-order valence-corrected chi connectivity index (χ0v) is 11.0. The lowest BCUT2D eigenvalue weighted by Gasteiger charge is -2.17. The Morgan fingerprint density at radius 1 is 1.59 bits per heavy atom. The van der Waals surface area contributed by atoms with Crippen LogP contribution in [0.3, 0.4) is 0 Å². The van der Waals surface area contributed by atoms with Crippen LogP contribution in [0.15, 0.2) is 11.2 Å². The molecule has 0 atom stereocenters. The molecular formula is C10H18N4O2S. The number of nitrogens with zero attached hydrogens (tertiary/aromatic N) is 3. The summed E-state index contributed by atoms with van der Waals surface area (Å²) in [7, 11) is 0.00200. The molecule has 0 amide bonds. The van der Waals surface area contributed by atoms with Crippen LogP contribution in [0.1, 0.15) is 12.2 Å². The SMILES string of the molecule is CNCCN(C)S(=O)(=O)c1cnc2n1CCC2. The Morgan fingerprint density at radius 2 is 2.35 bits per heavy atom. The lowest BCUT2D eigenvalue weighted by molar-refractivity contribution is 0.458. The van der Waals surface area contributed by atoms with Gasteiger partial charge in [-0.2, -0.15) is 4.31 Å². The van der Waals surface area contributed by atoms with Crippen LogP contribution in [0.5, 0.6) is 0 Å². The summed E-state index contributed by atoms with van der Waals surface area (Å²) in [5.41, 5.74) is 0. The minimum absolute atomic E-state index is 0.323. The lowest BCUT2D eigenvalue weighted by atomic mass is 10.4. The minimum atomic E-state index is -3.40. The van der Waals surface area contributed by atoms with Crippen LogP contribution < -0.4 is 5.32 Å². The number of fused-ring (bicyclic) bond motifs is 1. The van der Waals surface area contributed by atoms with Gasteiger partial charge in [0.25, 0.3) is 10.0 Å².